The molecular weight excluding hydrogens is 384 g/mol. The summed E-state index contributed by atoms with van der Waals surface area (Å²) in [6.45, 7) is 1.45. The zero-order chi connectivity index (χ0) is 19.2. The molecule has 3 rings (SSSR count). The van der Waals surface area contributed by atoms with Gasteiger partial charge in [0.05, 0.1) is 27.0 Å². The van der Waals surface area contributed by atoms with E-state index in [1.807, 2.05) is 16.7 Å². The first kappa shape index (κ1) is 19.7. The molecule has 2 amide bonds. The van der Waals surface area contributed by atoms with Gasteiger partial charge in [-0.3, -0.25) is 0 Å². The van der Waals surface area contributed by atoms with Crippen LogP contribution in [0.2, 0.25) is 0 Å². The van der Waals surface area contributed by atoms with Crippen LogP contribution in [0.4, 0.5) is 10.5 Å². The van der Waals surface area contributed by atoms with Gasteiger partial charge < -0.3 is 24.4 Å². The molecule has 1 aliphatic rings. The van der Waals surface area contributed by atoms with Gasteiger partial charge in [0.2, 0.25) is 5.75 Å². The van der Waals surface area contributed by atoms with E-state index in [1.54, 1.807) is 44.8 Å². The molecule has 0 spiro atoms. The van der Waals surface area contributed by atoms with E-state index >= 15 is 0 Å². The minimum atomic E-state index is -0.114. The fraction of sp³-hybridized carbons (Fsp3) is 0.421. The fourth-order valence-corrected chi connectivity index (χ4v) is 5.27. The number of methoxy groups -OCH3 is 3. The van der Waals surface area contributed by atoms with Crippen LogP contribution in [0.25, 0.3) is 0 Å². The summed E-state index contributed by atoms with van der Waals surface area (Å²) in [5.74, 6) is 2.45. The second kappa shape index (κ2) is 9.23. The predicted molar refractivity (Wildman–Crippen MR) is 111 cm³/mol. The summed E-state index contributed by atoms with van der Waals surface area (Å²) in [4.78, 5) is 16.0. The summed E-state index contributed by atoms with van der Waals surface area (Å²) in [5.41, 5.74) is 0.612. The van der Waals surface area contributed by atoms with Crippen molar-refractivity contribution in [1.82, 2.24) is 4.90 Å². The van der Waals surface area contributed by atoms with E-state index in [9.17, 15) is 4.79 Å². The minimum Gasteiger partial charge on any atom is -0.493 e. The normalized spacial score (nSPS) is 17.1. The van der Waals surface area contributed by atoms with Crippen LogP contribution in [0.15, 0.2) is 29.6 Å². The van der Waals surface area contributed by atoms with E-state index < -0.39 is 0 Å². The molecule has 1 N–H and O–H groups in total. The predicted octanol–water partition coefficient (Wildman–Crippen LogP) is 4.49. The highest BCUT2D eigenvalue weighted by Gasteiger charge is 2.23. The molecule has 6 nitrogen and oxygen atoms in total. The number of amides is 2. The Morgan fingerprint density at radius 3 is 2.48 bits per heavy atom. The Balaban J connectivity index is 1.68. The van der Waals surface area contributed by atoms with Crippen molar-refractivity contribution >= 4 is 34.8 Å². The molecule has 0 radical (unpaired) electrons. The Hall–Kier alpha value is -2.06. The molecule has 146 valence electrons. The number of rotatable bonds is 5. The van der Waals surface area contributed by atoms with Gasteiger partial charge in [-0.05, 0) is 17.9 Å². The zero-order valence-electron chi connectivity index (χ0n) is 15.7. The molecule has 0 aliphatic carbocycles. The second-order valence-electron chi connectivity index (χ2n) is 5.99. The number of carbonyl (C=O) groups is 1. The van der Waals surface area contributed by atoms with Crippen molar-refractivity contribution in [3.63, 3.8) is 0 Å². The van der Waals surface area contributed by atoms with Crippen LogP contribution in [-0.2, 0) is 0 Å². The lowest BCUT2D eigenvalue weighted by Gasteiger charge is -2.21. The fourth-order valence-electron chi connectivity index (χ4n) is 3.03. The summed E-state index contributed by atoms with van der Waals surface area (Å²) in [6, 6.07) is 7.62. The lowest BCUT2D eigenvalue weighted by atomic mass is 10.2. The highest BCUT2D eigenvalue weighted by molar-refractivity contribution is 7.99. The number of thiophene rings is 1. The van der Waals surface area contributed by atoms with Crippen molar-refractivity contribution in [3.8, 4) is 17.2 Å². The highest BCUT2D eigenvalue weighted by atomic mass is 32.2. The van der Waals surface area contributed by atoms with Crippen molar-refractivity contribution in [2.45, 2.75) is 11.7 Å². The van der Waals surface area contributed by atoms with Crippen LogP contribution >= 0.6 is 23.1 Å². The van der Waals surface area contributed by atoms with Crippen LogP contribution in [0.3, 0.4) is 0 Å². The number of nitrogens with one attached hydrogen (secondary N) is 1. The molecule has 1 aromatic heterocycles. The third kappa shape index (κ3) is 4.62. The first-order valence-corrected chi connectivity index (χ1v) is 10.6. The summed E-state index contributed by atoms with van der Waals surface area (Å²) >= 11 is 3.70. The molecule has 1 unspecified atom stereocenters. The van der Waals surface area contributed by atoms with E-state index in [1.165, 1.54) is 4.88 Å². The van der Waals surface area contributed by atoms with Crippen LogP contribution in [0.5, 0.6) is 17.2 Å². The zero-order valence-corrected chi connectivity index (χ0v) is 17.3. The summed E-state index contributed by atoms with van der Waals surface area (Å²) in [5, 5.41) is 5.52. The number of carbonyl (C=O) groups excluding carboxylic acids is 1. The maximum atomic E-state index is 12.8. The van der Waals surface area contributed by atoms with E-state index in [2.05, 4.69) is 22.8 Å². The van der Waals surface area contributed by atoms with Crippen LogP contribution in [-0.4, -0.2) is 51.1 Å². The molecule has 1 fully saturated rings. The third-order valence-corrected chi connectivity index (χ3v) is 6.85. The van der Waals surface area contributed by atoms with Crippen LogP contribution in [0.1, 0.15) is 16.5 Å². The molecule has 1 atom stereocenters. The maximum absolute atomic E-state index is 12.8. The van der Waals surface area contributed by atoms with E-state index in [0.717, 1.165) is 25.3 Å². The molecule has 2 heterocycles. The Bertz CT molecular complexity index is 742. The Kier molecular flexibility index (Phi) is 6.73. The van der Waals surface area contributed by atoms with Gasteiger partial charge in [0.15, 0.2) is 11.5 Å². The summed E-state index contributed by atoms with van der Waals surface area (Å²) in [7, 11) is 4.66. The largest absolute Gasteiger partial charge is 0.493 e. The number of anilines is 1. The van der Waals surface area contributed by atoms with Gasteiger partial charge >= 0.3 is 6.03 Å². The molecule has 1 saturated heterocycles. The Morgan fingerprint density at radius 2 is 1.89 bits per heavy atom. The number of benzene rings is 1. The molecule has 8 heteroatoms. The molecule has 0 bridgehead atoms. The summed E-state index contributed by atoms with van der Waals surface area (Å²) in [6.07, 6.45) is 0.952. The Morgan fingerprint density at radius 1 is 1.15 bits per heavy atom. The van der Waals surface area contributed by atoms with Gasteiger partial charge in [-0.25, -0.2) is 4.79 Å². The number of hydrogen-bond acceptors (Lipinski definition) is 6. The lowest BCUT2D eigenvalue weighted by molar-refractivity contribution is 0.215. The highest BCUT2D eigenvalue weighted by Crippen LogP contribution is 2.40. The molecule has 2 aromatic rings. The smallest absolute Gasteiger partial charge is 0.321 e. The third-order valence-electron chi connectivity index (χ3n) is 4.41. The van der Waals surface area contributed by atoms with E-state index in [-0.39, 0.29) is 6.03 Å². The number of urea groups is 1. The van der Waals surface area contributed by atoms with Gasteiger partial charge in [-0.2, -0.15) is 11.8 Å². The molecule has 1 aliphatic heterocycles. The van der Waals surface area contributed by atoms with Gasteiger partial charge in [0, 0.05) is 41.1 Å². The quantitative estimate of drug-likeness (QED) is 0.790. The Labute approximate surface area is 167 Å². The van der Waals surface area contributed by atoms with Crippen molar-refractivity contribution in [1.29, 1.82) is 0 Å². The number of hydrogen-bond donors (Lipinski definition) is 1. The topological polar surface area (TPSA) is 60.0 Å². The van der Waals surface area contributed by atoms with Crippen molar-refractivity contribution in [2.24, 2.45) is 0 Å². The van der Waals surface area contributed by atoms with Gasteiger partial charge in [0.25, 0.3) is 0 Å². The summed E-state index contributed by atoms with van der Waals surface area (Å²) < 4.78 is 16.0. The van der Waals surface area contributed by atoms with Crippen molar-refractivity contribution < 1.29 is 19.0 Å². The lowest BCUT2D eigenvalue weighted by Crippen LogP contribution is -2.36. The van der Waals surface area contributed by atoms with Gasteiger partial charge in [-0.1, -0.05) is 6.07 Å². The van der Waals surface area contributed by atoms with Gasteiger partial charge in [-0.15, -0.1) is 11.3 Å². The molecule has 27 heavy (non-hydrogen) atoms. The maximum Gasteiger partial charge on any atom is 0.321 e. The van der Waals surface area contributed by atoms with Crippen LogP contribution < -0.4 is 19.5 Å². The number of thioether (sulfide) groups is 1. The van der Waals surface area contributed by atoms with Crippen molar-refractivity contribution in [3.05, 3.63) is 34.5 Å². The number of nitrogens with zero attached hydrogens (tertiary/aromatic N) is 1. The minimum absolute atomic E-state index is 0.114. The average Bonchev–Trinajstić information content (AvgIpc) is 3.11. The SMILES string of the molecule is COc1cc(NC(=O)N2CCSC(c3cccs3)CC2)cc(OC)c1OC. The molecule has 1 aromatic carbocycles. The molecule has 0 saturated carbocycles. The average molecular weight is 409 g/mol. The van der Waals surface area contributed by atoms with Crippen LogP contribution in [0, 0.1) is 0 Å². The molecular formula is C19H24N2O4S2. The van der Waals surface area contributed by atoms with Crippen molar-refractivity contribution in [2.75, 3.05) is 45.5 Å². The monoisotopic (exact) mass is 408 g/mol. The van der Waals surface area contributed by atoms with E-state index in [4.69, 9.17) is 14.2 Å². The van der Waals surface area contributed by atoms with E-state index in [0.29, 0.717) is 28.2 Å². The first-order valence-electron chi connectivity index (χ1n) is 8.67. The first-order chi connectivity index (χ1) is 13.2. The second-order valence-corrected chi connectivity index (χ2v) is 8.28. The van der Waals surface area contributed by atoms with Gasteiger partial charge in [0.1, 0.15) is 0 Å². The number of ether oxygens (including phenoxy) is 3. The standard InChI is InChI=1S/C19H24N2O4S2/c1-23-14-11-13(12-15(24-2)18(14)25-3)20-19(22)21-7-6-17(27-10-8-21)16-5-4-9-26-16/h4-5,9,11-12,17H,6-8,10H2,1-3H3,(H,20,22).